The van der Waals surface area contributed by atoms with E-state index in [4.69, 9.17) is 11.6 Å². The van der Waals surface area contributed by atoms with Crippen LogP contribution in [0.4, 0.5) is 0 Å². The zero-order valence-corrected chi connectivity index (χ0v) is 17.6. The Kier molecular flexibility index (Phi) is 5.74. The van der Waals surface area contributed by atoms with E-state index in [0.29, 0.717) is 42.8 Å². The van der Waals surface area contributed by atoms with E-state index in [1.165, 1.54) is 0 Å². The first-order valence-corrected chi connectivity index (χ1v) is 10.5. The summed E-state index contributed by atoms with van der Waals surface area (Å²) in [5, 5.41) is 3.21. The van der Waals surface area contributed by atoms with Gasteiger partial charge in [-0.3, -0.25) is 24.1 Å². The van der Waals surface area contributed by atoms with Gasteiger partial charge in [-0.25, -0.2) is 0 Å². The first-order valence-electron chi connectivity index (χ1n) is 10.1. The molecule has 4 rings (SSSR count). The van der Waals surface area contributed by atoms with Crippen LogP contribution < -0.4 is 5.32 Å². The molecule has 0 aliphatic carbocycles. The van der Waals surface area contributed by atoms with Crippen molar-refractivity contribution in [1.82, 2.24) is 10.2 Å². The fraction of sp³-hybridized carbons (Fsp3) is 0.250. The van der Waals surface area contributed by atoms with Gasteiger partial charge in [0.1, 0.15) is 11.8 Å². The van der Waals surface area contributed by atoms with Crippen LogP contribution in [0.3, 0.4) is 0 Å². The number of hydrogen-bond donors (Lipinski definition) is 1. The molecule has 0 radical (unpaired) electrons. The summed E-state index contributed by atoms with van der Waals surface area (Å²) in [6, 6.07) is 11.4. The number of nitrogens with one attached hydrogen (secondary N) is 1. The number of amides is 3. The Morgan fingerprint density at radius 1 is 1.06 bits per heavy atom. The van der Waals surface area contributed by atoms with E-state index in [0.717, 1.165) is 16.0 Å². The summed E-state index contributed by atoms with van der Waals surface area (Å²) in [5.74, 6) is -1.26. The molecule has 3 amide bonds. The van der Waals surface area contributed by atoms with Crippen LogP contribution in [0.1, 0.15) is 51.1 Å². The summed E-state index contributed by atoms with van der Waals surface area (Å²) in [5.41, 5.74) is 2.81. The molecule has 158 valence electrons. The standard InChI is InChI=1S/C24H21ClN2O4/c1-14-5-10-21(22(29)26-14)27-23(30)19-9-7-15(13-20(19)24(27)31)6-8-18(28)12-16-3-2-4-17(25)11-16/h2-4,7,9,11,13,21H,1,5-6,8,10,12H2,(H,26,29). The molecule has 6 nitrogen and oxygen atoms in total. The highest BCUT2D eigenvalue weighted by Crippen LogP contribution is 2.29. The minimum atomic E-state index is -0.833. The van der Waals surface area contributed by atoms with Crippen LogP contribution in [0.15, 0.2) is 54.7 Å². The Balaban J connectivity index is 1.44. The average molecular weight is 437 g/mol. The molecular weight excluding hydrogens is 416 g/mol. The lowest BCUT2D eigenvalue weighted by Crippen LogP contribution is -2.51. The second-order valence-corrected chi connectivity index (χ2v) is 8.29. The number of aryl methyl sites for hydroxylation is 1. The van der Waals surface area contributed by atoms with Crippen molar-refractivity contribution in [1.29, 1.82) is 0 Å². The monoisotopic (exact) mass is 436 g/mol. The smallest absolute Gasteiger partial charge is 0.262 e. The zero-order valence-electron chi connectivity index (χ0n) is 16.8. The fourth-order valence-electron chi connectivity index (χ4n) is 4.00. The lowest BCUT2D eigenvalue weighted by atomic mass is 9.99. The predicted octanol–water partition coefficient (Wildman–Crippen LogP) is 3.47. The number of fused-ring (bicyclic) bond motifs is 1. The van der Waals surface area contributed by atoms with Crippen LogP contribution in [0, 0.1) is 0 Å². The number of carbonyl (C=O) groups is 4. The van der Waals surface area contributed by atoms with Gasteiger partial charge in [-0.15, -0.1) is 0 Å². The number of halogens is 1. The van der Waals surface area contributed by atoms with Gasteiger partial charge in [0.15, 0.2) is 0 Å². The van der Waals surface area contributed by atoms with Crippen LogP contribution in [-0.4, -0.2) is 34.4 Å². The second kappa shape index (κ2) is 8.47. The SMILES string of the molecule is C=C1CCC(N2C(=O)c3ccc(CCC(=O)Cc4cccc(Cl)c4)cc3C2=O)C(=O)N1. The first-order chi connectivity index (χ1) is 14.8. The molecule has 31 heavy (non-hydrogen) atoms. The van der Waals surface area contributed by atoms with Crippen LogP contribution in [0.5, 0.6) is 0 Å². The van der Waals surface area contributed by atoms with Crippen molar-refractivity contribution in [3.8, 4) is 0 Å². The van der Waals surface area contributed by atoms with Crippen LogP contribution in [-0.2, 0) is 22.4 Å². The molecule has 1 unspecified atom stereocenters. The fourth-order valence-corrected chi connectivity index (χ4v) is 4.21. The summed E-state index contributed by atoms with van der Waals surface area (Å²) in [4.78, 5) is 51.4. The molecule has 1 fully saturated rings. The Morgan fingerprint density at radius 2 is 1.84 bits per heavy atom. The maximum absolute atomic E-state index is 12.9. The van der Waals surface area contributed by atoms with E-state index in [1.807, 2.05) is 12.1 Å². The number of piperidine rings is 1. The van der Waals surface area contributed by atoms with Crippen molar-refractivity contribution in [3.63, 3.8) is 0 Å². The van der Waals surface area contributed by atoms with Crippen molar-refractivity contribution in [3.05, 3.63) is 82.0 Å². The first kappa shape index (κ1) is 21.0. The number of imide groups is 1. The van der Waals surface area contributed by atoms with Crippen molar-refractivity contribution in [2.75, 3.05) is 0 Å². The maximum atomic E-state index is 12.9. The highest BCUT2D eigenvalue weighted by molar-refractivity contribution is 6.30. The zero-order chi connectivity index (χ0) is 22.1. The Labute approximate surface area is 184 Å². The van der Waals surface area contributed by atoms with Gasteiger partial charge >= 0.3 is 0 Å². The quantitative estimate of drug-likeness (QED) is 0.703. The van der Waals surface area contributed by atoms with Crippen molar-refractivity contribution in [2.45, 2.75) is 38.1 Å². The molecular formula is C24H21ClN2O4. The van der Waals surface area contributed by atoms with Gasteiger partial charge in [0.2, 0.25) is 5.91 Å². The van der Waals surface area contributed by atoms with Crippen molar-refractivity contribution < 1.29 is 19.2 Å². The van der Waals surface area contributed by atoms with E-state index < -0.39 is 23.8 Å². The van der Waals surface area contributed by atoms with E-state index in [9.17, 15) is 19.2 Å². The van der Waals surface area contributed by atoms with Gasteiger partial charge < -0.3 is 5.32 Å². The number of ketones is 1. The number of nitrogens with zero attached hydrogens (tertiary/aromatic N) is 1. The van der Waals surface area contributed by atoms with Gasteiger partial charge in [0.25, 0.3) is 11.8 Å². The Hall–Kier alpha value is -3.25. The molecule has 0 saturated carbocycles. The molecule has 2 aliphatic rings. The van der Waals surface area contributed by atoms with Crippen molar-refractivity contribution >= 4 is 35.1 Å². The lowest BCUT2D eigenvalue weighted by molar-refractivity contribution is -0.125. The number of hydrogen-bond acceptors (Lipinski definition) is 4. The average Bonchev–Trinajstić information content (AvgIpc) is 2.97. The van der Waals surface area contributed by atoms with E-state index >= 15 is 0 Å². The molecule has 0 bridgehead atoms. The third-order valence-corrected chi connectivity index (χ3v) is 5.83. The molecule has 2 aliphatic heterocycles. The van der Waals surface area contributed by atoms with Gasteiger partial charge in [0, 0.05) is 23.6 Å². The molecule has 0 aromatic heterocycles. The van der Waals surface area contributed by atoms with Gasteiger partial charge in [-0.1, -0.05) is 36.4 Å². The summed E-state index contributed by atoms with van der Waals surface area (Å²) < 4.78 is 0. The third-order valence-electron chi connectivity index (χ3n) is 5.60. The van der Waals surface area contributed by atoms with Gasteiger partial charge in [-0.2, -0.15) is 0 Å². The minimum absolute atomic E-state index is 0.0610. The Bertz CT molecular complexity index is 1120. The largest absolute Gasteiger partial charge is 0.329 e. The summed E-state index contributed by atoms with van der Waals surface area (Å²) in [7, 11) is 0. The third kappa shape index (κ3) is 4.30. The molecule has 1 N–H and O–H groups in total. The van der Waals surface area contributed by atoms with Crippen molar-refractivity contribution in [2.24, 2.45) is 0 Å². The van der Waals surface area contributed by atoms with Gasteiger partial charge in [0.05, 0.1) is 11.1 Å². The van der Waals surface area contributed by atoms with Crippen LogP contribution in [0.25, 0.3) is 0 Å². The highest BCUT2D eigenvalue weighted by atomic mass is 35.5. The molecule has 1 saturated heterocycles. The van der Waals surface area contributed by atoms with Crippen LogP contribution in [0.2, 0.25) is 5.02 Å². The van der Waals surface area contributed by atoms with Gasteiger partial charge in [-0.05, 0) is 54.7 Å². The number of allylic oxidation sites excluding steroid dienone is 1. The number of Topliss-reactive ketones (excluding diaryl/α,β-unsaturated/α-hetero) is 1. The second-order valence-electron chi connectivity index (χ2n) is 7.85. The maximum Gasteiger partial charge on any atom is 0.262 e. The normalized spacial score (nSPS) is 18.2. The van der Waals surface area contributed by atoms with E-state index in [1.54, 1.807) is 30.3 Å². The number of rotatable bonds is 6. The number of carbonyl (C=O) groups excluding carboxylic acids is 4. The molecule has 2 heterocycles. The highest BCUT2D eigenvalue weighted by Gasteiger charge is 2.43. The van der Waals surface area contributed by atoms with E-state index in [2.05, 4.69) is 11.9 Å². The Morgan fingerprint density at radius 3 is 2.58 bits per heavy atom. The molecule has 1 atom stereocenters. The number of benzene rings is 2. The predicted molar refractivity (Wildman–Crippen MR) is 116 cm³/mol. The topological polar surface area (TPSA) is 83.6 Å². The van der Waals surface area contributed by atoms with E-state index in [-0.39, 0.29) is 16.9 Å². The molecule has 7 heteroatoms. The lowest BCUT2D eigenvalue weighted by Gasteiger charge is -2.29. The molecule has 2 aromatic rings. The summed E-state index contributed by atoms with van der Waals surface area (Å²) in [6.07, 6.45) is 1.94. The minimum Gasteiger partial charge on any atom is -0.329 e. The summed E-state index contributed by atoms with van der Waals surface area (Å²) in [6.45, 7) is 3.73. The summed E-state index contributed by atoms with van der Waals surface area (Å²) >= 11 is 5.96. The van der Waals surface area contributed by atoms with Crippen LogP contribution >= 0.6 is 11.6 Å². The molecule has 2 aromatic carbocycles. The molecule has 0 spiro atoms.